The van der Waals surface area contributed by atoms with Gasteiger partial charge in [-0.15, -0.1) is 0 Å². The predicted octanol–water partition coefficient (Wildman–Crippen LogP) is 5.12. The third-order valence-corrected chi connectivity index (χ3v) is 3.65. The molecule has 0 aliphatic rings. The first kappa shape index (κ1) is 25.1. The number of carbonyl (C=O) groups is 1. The highest BCUT2D eigenvalue weighted by Crippen LogP contribution is 2.02. The Balaban J connectivity index is 3.59. The predicted molar refractivity (Wildman–Crippen MR) is 114 cm³/mol. The van der Waals surface area contributed by atoms with Gasteiger partial charge < -0.3 is 9.84 Å². The van der Waals surface area contributed by atoms with Crippen LogP contribution in [-0.4, -0.2) is 23.4 Å². The van der Waals surface area contributed by atoms with Crippen molar-refractivity contribution in [3.05, 3.63) is 60.8 Å². The number of hydrogen-bond acceptors (Lipinski definition) is 4. The van der Waals surface area contributed by atoms with Crippen LogP contribution in [0.25, 0.3) is 0 Å². The molecule has 0 rings (SSSR count). The van der Waals surface area contributed by atoms with E-state index in [-0.39, 0.29) is 5.97 Å². The van der Waals surface area contributed by atoms with Gasteiger partial charge in [-0.25, -0.2) is 0 Å². The summed E-state index contributed by atoms with van der Waals surface area (Å²) in [5, 5.41) is 9.16. The van der Waals surface area contributed by atoms with Crippen molar-refractivity contribution in [2.45, 2.75) is 77.5 Å². The summed E-state index contributed by atoms with van der Waals surface area (Å²) in [6.07, 6.45) is 26.6. The van der Waals surface area contributed by atoms with Crippen molar-refractivity contribution in [2.75, 3.05) is 0 Å². The Kier molecular flexibility index (Phi) is 17.5. The first-order chi connectivity index (χ1) is 13.1. The summed E-state index contributed by atoms with van der Waals surface area (Å²) in [5.74, 6) is -0.365. The molecule has 0 radical (unpaired) electrons. The van der Waals surface area contributed by atoms with E-state index in [4.69, 9.17) is 15.6 Å². The maximum absolute atomic E-state index is 11.5. The molecule has 2 unspecified atom stereocenters. The van der Waals surface area contributed by atoms with E-state index >= 15 is 0 Å². The lowest BCUT2D eigenvalue weighted by Gasteiger charge is -2.15. The molecule has 4 heteroatoms. The van der Waals surface area contributed by atoms with Crippen molar-refractivity contribution < 1.29 is 14.6 Å². The first-order valence-electron chi connectivity index (χ1n) is 9.96. The molecule has 0 amide bonds. The van der Waals surface area contributed by atoms with Crippen LogP contribution in [-0.2, 0) is 9.53 Å². The van der Waals surface area contributed by atoms with Gasteiger partial charge in [0.15, 0.2) is 6.23 Å². The summed E-state index contributed by atoms with van der Waals surface area (Å²) in [4.78, 5) is 11.5. The first-order valence-corrected chi connectivity index (χ1v) is 9.96. The molecular formula is C23H37NO3. The number of allylic oxidation sites excluding steroid dienone is 10. The molecule has 0 saturated heterocycles. The smallest absolute Gasteiger partial charge is 0.307 e. The van der Waals surface area contributed by atoms with Gasteiger partial charge in [-0.1, -0.05) is 67.7 Å². The van der Waals surface area contributed by atoms with E-state index in [1.54, 1.807) is 0 Å². The lowest BCUT2D eigenvalue weighted by atomic mass is 10.2. The molecule has 0 heterocycles. The van der Waals surface area contributed by atoms with Crippen LogP contribution in [0.2, 0.25) is 0 Å². The minimum atomic E-state index is -0.939. The van der Waals surface area contributed by atoms with Gasteiger partial charge in [0.25, 0.3) is 0 Å². The van der Waals surface area contributed by atoms with Crippen molar-refractivity contribution in [1.29, 1.82) is 0 Å². The van der Waals surface area contributed by atoms with E-state index < -0.39 is 12.3 Å². The summed E-state index contributed by atoms with van der Waals surface area (Å²) >= 11 is 0. The Morgan fingerprint density at radius 1 is 0.889 bits per heavy atom. The Morgan fingerprint density at radius 2 is 1.33 bits per heavy atom. The van der Waals surface area contributed by atoms with Crippen LogP contribution in [0.4, 0.5) is 0 Å². The molecule has 0 aromatic carbocycles. The number of unbranched alkanes of at least 4 members (excludes halogenated alkanes) is 1. The number of ether oxygens (including phenoxy) is 1. The van der Waals surface area contributed by atoms with Gasteiger partial charge in [-0.3, -0.25) is 10.5 Å². The maximum Gasteiger partial charge on any atom is 0.307 e. The molecule has 4 nitrogen and oxygen atoms in total. The SMILES string of the molecule is CC/C=C/C/C=C/C/C=C/C/C=C/C/C=C/CCCC(=O)OC(N)C(C)O. The highest BCUT2D eigenvalue weighted by atomic mass is 16.6. The van der Waals surface area contributed by atoms with E-state index in [0.717, 1.165) is 44.9 Å². The molecule has 0 aromatic heterocycles. The molecule has 3 N–H and O–H groups in total. The Bertz CT molecular complexity index is 502. The molecule has 27 heavy (non-hydrogen) atoms. The Morgan fingerprint density at radius 3 is 1.78 bits per heavy atom. The number of carbonyl (C=O) groups excluding carboxylic acids is 1. The lowest BCUT2D eigenvalue weighted by molar-refractivity contribution is -0.154. The standard InChI is InChI=1S/C23H37NO3/c1-3-4-5-6-7-8-9-10-11-12-13-14-15-16-17-18-19-20-22(26)27-23(24)21(2)25/h4-5,7-8,10-11,13-14,16-17,21,23,25H,3,6,9,12,15,18-20,24H2,1-2H3/b5-4+,8-7+,11-10+,14-13+,17-16+. The fraction of sp³-hybridized carbons (Fsp3) is 0.522. The zero-order valence-electron chi connectivity index (χ0n) is 16.9. The van der Waals surface area contributed by atoms with Crippen LogP contribution in [0.15, 0.2) is 60.8 Å². The highest BCUT2D eigenvalue weighted by Gasteiger charge is 2.13. The number of aliphatic hydroxyl groups is 1. The second-order valence-corrected chi connectivity index (χ2v) is 6.30. The molecule has 2 atom stereocenters. The lowest BCUT2D eigenvalue weighted by Crippen LogP contribution is -2.37. The third kappa shape index (κ3) is 18.7. The number of nitrogens with two attached hydrogens (primary N) is 1. The average molecular weight is 376 g/mol. The van der Waals surface area contributed by atoms with Gasteiger partial charge >= 0.3 is 5.97 Å². The van der Waals surface area contributed by atoms with Crippen molar-refractivity contribution in [2.24, 2.45) is 5.73 Å². The molecule has 0 bridgehead atoms. The van der Waals surface area contributed by atoms with E-state index in [1.165, 1.54) is 6.92 Å². The van der Waals surface area contributed by atoms with Gasteiger partial charge in [-0.2, -0.15) is 0 Å². The zero-order chi connectivity index (χ0) is 20.2. The van der Waals surface area contributed by atoms with Crippen molar-refractivity contribution in [3.8, 4) is 0 Å². The van der Waals surface area contributed by atoms with Crippen molar-refractivity contribution in [1.82, 2.24) is 0 Å². The number of hydrogen-bond donors (Lipinski definition) is 2. The summed E-state index contributed by atoms with van der Waals surface area (Å²) in [6.45, 7) is 3.64. The van der Waals surface area contributed by atoms with E-state index in [2.05, 4.69) is 67.7 Å². The molecular weight excluding hydrogens is 338 g/mol. The number of rotatable bonds is 15. The minimum absolute atomic E-state index is 0.314. The summed E-state index contributed by atoms with van der Waals surface area (Å²) in [5.41, 5.74) is 5.46. The quantitative estimate of drug-likeness (QED) is 0.180. The second kappa shape index (κ2) is 18.9. The third-order valence-electron chi connectivity index (χ3n) is 3.65. The van der Waals surface area contributed by atoms with Gasteiger partial charge in [0.05, 0.1) is 0 Å². The van der Waals surface area contributed by atoms with Crippen LogP contribution in [0.5, 0.6) is 0 Å². The summed E-state index contributed by atoms with van der Waals surface area (Å²) in [7, 11) is 0. The van der Waals surface area contributed by atoms with E-state index in [1.807, 2.05) is 0 Å². The van der Waals surface area contributed by atoms with Gasteiger partial charge in [-0.05, 0) is 51.9 Å². The molecule has 152 valence electrons. The average Bonchev–Trinajstić information content (AvgIpc) is 2.64. The molecule has 0 aromatic rings. The Labute approximate surface area is 165 Å². The largest absolute Gasteiger partial charge is 0.444 e. The number of esters is 1. The normalized spacial score (nSPS) is 15.0. The van der Waals surface area contributed by atoms with Crippen LogP contribution in [0, 0.1) is 0 Å². The Hall–Kier alpha value is -1.91. The molecule has 0 spiro atoms. The van der Waals surface area contributed by atoms with Crippen molar-refractivity contribution in [3.63, 3.8) is 0 Å². The maximum atomic E-state index is 11.5. The zero-order valence-corrected chi connectivity index (χ0v) is 16.9. The van der Waals surface area contributed by atoms with E-state index in [0.29, 0.717) is 6.42 Å². The summed E-state index contributed by atoms with van der Waals surface area (Å²) < 4.78 is 4.88. The fourth-order valence-corrected chi connectivity index (χ4v) is 2.04. The molecule has 0 fully saturated rings. The van der Waals surface area contributed by atoms with Crippen LogP contribution in [0.1, 0.15) is 65.2 Å². The topological polar surface area (TPSA) is 72.5 Å². The van der Waals surface area contributed by atoms with Crippen LogP contribution in [0.3, 0.4) is 0 Å². The van der Waals surface area contributed by atoms with Crippen LogP contribution >= 0.6 is 0 Å². The van der Waals surface area contributed by atoms with Gasteiger partial charge in [0.2, 0.25) is 0 Å². The van der Waals surface area contributed by atoms with Gasteiger partial charge in [0.1, 0.15) is 6.10 Å². The highest BCUT2D eigenvalue weighted by molar-refractivity contribution is 5.69. The molecule has 0 saturated carbocycles. The van der Waals surface area contributed by atoms with E-state index in [9.17, 15) is 4.79 Å². The van der Waals surface area contributed by atoms with Gasteiger partial charge in [0, 0.05) is 6.42 Å². The fourth-order valence-electron chi connectivity index (χ4n) is 2.04. The van der Waals surface area contributed by atoms with Crippen molar-refractivity contribution >= 4 is 5.97 Å². The second-order valence-electron chi connectivity index (χ2n) is 6.30. The minimum Gasteiger partial charge on any atom is -0.444 e. The number of aliphatic hydroxyl groups excluding tert-OH is 1. The monoisotopic (exact) mass is 375 g/mol. The molecule has 0 aliphatic carbocycles. The van der Waals surface area contributed by atoms with Crippen LogP contribution < -0.4 is 5.73 Å². The summed E-state index contributed by atoms with van der Waals surface area (Å²) in [6, 6.07) is 0. The molecule has 0 aliphatic heterocycles.